The molecule has 1 fully saturated rings. The predicted octanol–water partition coefficient (Wildman–Crippen LogP) is 4.60. The highest BCUT2D eigenvalue weighted by atomic mass is 19.1. The number of hydrogen-bond acceptors (Lipinski definition) is 4. The number of methoxy groups -OCH3 is 1. The van der Waals surface area contributed by atoms with Crippen molar-refractivity contribution in [1.29, 1.82) is 0 Å². The van der Waals surface area contributed by atoms with Gasteiger partial charge in [-0.1, -0.05) is 49.4 Å². The summed E-state index contributed by atoms with van der Waals surface area (Å²) in [6.45, 7) is 2.13. The van der Waals surface area contributed by atoms with Crippen LogP contribution in [0.25, 0.3) is 0 Å². The lowest BCUT2D eigenvalue weighted by Crippen LogP contribution is -2.18. The molecule has 0 radical (unpaired) electrons. The molecule has 0 saturated heterocycles. The molecule has 30 heavy (non-hydrogen) atoms. The molecule has 1 aromatic rings. The Morgan fingerprint density at radius 2 is 2.10 bits per heavy atom. The summed E-state index contributed by atoms with van der Waals surface area (Å²) in [7, 11) is 1.39. The largest absolute Gasteiger partial charge is 0.469 e. The molecule has 1 aromatic carbocycles. The van der Waals surface area contributed by atoms with E-state index in [4.69, 9.17) is 0 Å². The first-order valence-corrected chi connectivity index (χ1v) is 10.9. The maximum absolute atomic E-state index is 13.7. The van der Waals surface area contributed by atoms with Crippen molar-refractivity contribution in [2.24, 2.45) is 17.8 Å². The van der Waals surface area contributed by atoms with Crippen molar-refractivity contribution in [2.45, 2.75) is 64.1 Å². The highest BCUT2D eigenvalue weighted by molar-refractivity contribution is 5.69. The van der Waals surface area contributed by atoms with E-state index in [2.05, 4.69) is 23.8 Å². The first-order chi connectivity index (χ1) is 14.4. The molecule has 0 bridgehead atoms. The Bertz CT molecular complexity index is 715. The van der Waals surface area contributed by atoms with E-state index in [0.717, 1.165) is 25.7 Å². The van der Waals surface area contributed by atoms with Gasteiger partial charge in [-0.25, -0.2) is 4.39 Å². The molecular formula is C25H35FO4. The van der Waals surface area contributed by atoms with Crippen molar-refractivity contribution in [2.75, 3.05) is 7.11 Å². The van der Waals surface area contributed by atoms with E-state index in [-0.39, 0.29) is 29.7 Å². The van der Waals surface area contributed by atoms with Gasteiger partial charge in [0.15, 0.2) is 0 Å². The van der Waals surface area contributed by atoms with Crippen LogP contribution < -0.4 is 0 Å². The van der Waals surface area contributed by atoms with Gasteiger partial charge in [-0.2, -0.15) is 0 Å². The number of aliphatic hydroxyl groups is 2. The van der Waals surface area contributed by atoms with Gasteiger partial charge in [0.05, 0.1) is 19.3 Å². The lowest BCUT2D eigenvalue weighted by molar-refractivity contribution is -0.140. The van der Waals surface area contributed by atoms with Gasteiger partial charge in [0.2, 0.25) is 0 Å². The molecule has 1 saturated carbocycles. The van der Waals surface area contributed by atoms with Gasteiger partial charge in [0.1, 0.15) is 5.82 Å². The normalized spacial score (nSPS) is 25.2. The van der Waals surface area contributed by atoms with Crippen LogP contribution in [0.2, 0.25) is 0 Å². The summed E-state index contributed by atoms with van der Waals surface area (Å²) >= 11 is 0. The van der Waals surface area contributed by atoms with E-state index in [1.807, 2.05) is 6.08 Å². The van der Waals surface area contributed by atoms with E-state index in [9.17, 15) is 19.4 Å². The molecule has 0 heterocycles. The van der Waals surface area contributed by atoms with Crippen LogP contribution in [0.4, 0.5) is 4.39 Å². The quantitative estimate of drug-likeness (QED) is 0.313. The maximum atomic E-state index is 13.7. The zero-order valence-electron chi connectivity index (χ0n) is 18.0. The lowest BCUT2D eigenvalue weighted by Gasteiger charge is -2.20. The van der Waals surface area contributed by atoms with Crippen molar-refractivity contribution < 1.29 is 24.1 Å². The maximum Gasteiger partial charge on any atom is 0.305 e. The van der Waals surface area contributed by atoms with Crippen LogP contribution in [0.15, 0.2) is 48.6 Å². The van der Waals surface area contributed by atoms with Crippen LogP contribution in [-0.2, 0) is 16.0 Å². The highest BCUT2D eigenvalue weighted by Gasteiger charge is 2.37. The Balaban J connectivity index is 1.82. The molecule has 5 unspecified atom stereocenters. The number of benzene rings is 1. The third kappa shape index (κ3) is 7.69. The molecule has 1 aliphatic carbocycles. The van der Waals surface area contributed by atoms with Crippen LogP contribution in [0.5, 0.6) is 0 Å². The van der Waals surface area contributed by atoms with Crippen LogP contribution in [0, 0.1) is 23.6 Å². The summed E-state index contributed by atoms with van der Waals surface area (Å²) in [4.78, 5) is 11.1. The molecule has 0 aromatic heterocycles. The van der Waals surface area contributed by atoms with Crippen LogP contribution in [-0.4, -0.2) is 35.5 Å². The molecule has 2 N–H and O–H groups in total. The summed E-state index contributed by atoms with van der Waals surface area (Å²) in [5.41, 5.74) is 0.616. The van der Waals surface area contributed by atoms with E-state index in [0.29, 0.717) is 30.7 Å². The minimum atomic E-state index is -0.635. The fourth-order valence-electron chi connectivity index (χ4n) is 4.23. The average molecular weight is 419 g/mol. The minimum absolute atomic E-state index is 0.117. The van der Waals surface area contributed by atoms with Gasteiger partial charge in [-0.05, 0) is 67.9 Å². The van der Waals surface area contributed by atoms with Crippen molar-refractivity contribution in [1.82, 2.24) is 0 Å². The van der Waals surface area contributed by atoms with Crippen molar-refractivity contribution in [3.8, 4) is 0 Å². The zero-order valence-corrected chi connectivity index (χ0v) is 18.0. The second-order valence-corrected chi connectivity index (χ2v) is 8.28. The van der Waals surface area contributed by atoms with E-state index < -0.39 is 6.10 Å². The number of carbonyl (C=O) groups excluding carboxylic acids is 1. The van der Waals surface area contributed by atoms with E-state index in [1.54, 1.807) is 24.3 Å². The molecular weight excluding hydrogens is 383 g/mol. The number of carbonyl (C=O) groups is 1. The second-order valence-electron chi connectivity index (χ2n) is 8.28. The SMILES string of the molecule is COC(=O)CCC/C=C/CC1C(O)CC(C)C1/C=C/C(O)CCc1ccccc1F. The van der Waals surface area contributed by atoms with Crippen LogP contribution in [0.3, 0.4) is 0 Å². The Kier molecular flexibility index (Phi) is 10.2. The van der Waals surface area contributed by atoms with Crippen molar-refractivity contribution in [3.05, 3.63) is 60.0 Å². The topological polar surface area (TPSA) is 66.8 Å². The number of hydrogen-bond donors (Lipinski definition) is 2. The van der Waals surface area contributed by atoms with E-state index >= 15 is 0 Å². The Labute approximate surface area is 179 Å². The Morgan fingerprint density at radius 1 is 1.33 bits per heavy atom. The van der Waals surface area contributed by atoms with Gasteiger partial charge < -0.3 is 14.9 Å². The molecule has 1 aliphatic rings. The van der Waals surface area contributed by atoms with Crippen molar-refractivity contribution >= 4 is 5.97 Å². The number of ether oxygens (including phenoxy) is 1. The van der Waals surface area contributed by atoms with Gasteiger partial charge in [0.25, 0.3) is 0 Å². The van der Waals surface area contributed by atoms with Crippen LogP contribution in [0.1, 0.15) is 51.0 Å². The standard InChI is InChI=1S/C25H35FO4/c1-18-17-24(28)22(10-5-3-4-6-12-25(29)30-2)21(18)16-15-20(27)14-13-19-9-7-8-11-23(19)26/h3,5,7-9,11,15-16,18,20-22,24,27-28H,4,6,10,12-14,17H2,1-2H3/b5-3+,16-15+. The number of aliphatic hydroxyl groups excluding tert-OH is 2. The zero-order chi connectivity index (χ0) is 21.9. The van der Waals surface area contributed by atoms with Gasteiger partial charge >= 0.3 is 5.97 Å². The summed E-state index contributed by atoms with van der Waals surface area (Å²) < 4.78 is 18.3. The highest BCUT2D eigenvalue weighted by Crippen LogP contribution is 2.40. The molecule has 5 atom stereocenters. The van der Waals surface area contributed by atoms with E-state index in [1.165, 1.54) is 13.2 Å². The summed E-state index contributed by atoms with van der Waals surface area (Å²) in [5, 5.41) is 20.8. The number of allylic oxidation sites excluding steroid dienone is 3. The van der Waals surface area contributed by atoms with Gasteiger partial charge in [0, 0.05) is 6.42 Å². The third-order valence-corrected chi connectivity index (χ3v) is 6.04. The number of rotatable bonds is 11. The minimum Gasteiger partial charge on any atom is -0.469 e. The van der Waals surface area contributed by atoms with Crippen molar-refractivity contribution in [3.63, 3.8) is 0 Å². The summed E-state index contributed by atoms with van der Waals surface area (Å²) in [6.07, 6.45) is 11.4. The molecule has 0 spiro atoms. The molecule has 2 rings (SSSR count). The lowest BCUT2D eigenvalue weighted by atomic mass is 9.86. The summed E-state index contributed by atoms with van der Waals surface area (Å²) in [5.74, 6) is 0.226. The smallest absolute Gasteiger partial charge is 0.305 e. The summed E-state index contributed by atoms with van der Waals surface area (Å²) in [6, 6.07) is 6.65. The predicted molar refractivity (Wildman–Crippen MR) is 116 cm³/mol. The molecule has 4 nitrogen and oxygen atoms in total. The second kappa shape index (κ2) is 12.7. The van der Waals surface area contributed by atoms with Crippen LogP contribution >= 0.6 is 0 Å². The number of aryl methyl sites for hydroxylation is 1. The molecule has 0 amide bonds. The number of unbranched alkanes of at least 4 members (excludes halogenated alkanes) is 1. The monoisotopic (exact) mass is 418 g/mol. The number of esters is 1. The molecule has 166 valence electrons. The third-order valence-electron chi connectivity index (χ3n) is 6.04. The first kappa shape index (κ1) is 24.3. The fraction of sp³-hybridized carbons (Fsp3) is 0.560. The van der Waals surface area contributed by atoms with Gasteiger partial charge in [-0.3, -0.25) is 4.79 Å². The fourth-order valence-corrected chi connectivity index (χ4v) is 4.23. The average Bonchev–Trinajstić information content (AvgIpc) is 3.00. The first-order valence-electron chi connectivity index (χ1n) is 10.9. The number of halogens is 1. The Morgan fingerprint density at radius 3 is 2.83 bits per heavy atom. The molecule has 5 heteroatoms. The van der Waals surface area contributed by atoms with Gasteiger partial charge in [-0.15, -0.1) is 0 Å². The molecule has 0 aliphatic heterocycles. The Hall–Kier alpha value is -1.98.